The summed E-state index contributed by atoms with van der Waals surface area (Å²) in [6.07, 6.45) is -2.56. The second-order valence-corrected chi connectivity index (χ2v) is 4.41. The summed E-state index contributed by atoms with van der Waals surface area (Å²) < 4.78 is 30.0. The zero-order valence-electron chi connectivity index (χ0n) is 11.2. The van der Waals surface area contributed by atoms with Crippen molar-refractivity contribution in [3.63, 3.8) is 0 Å². The first-order valence-corrected chi connectivity index (χ1v) is 5.90. The molecule has 0 fully saturated rings. The Morgan fingerprint density at radius 2 is 1.90 bits per heavy atom. The van der Waals surface area contributed by atoms with Crippen molar-refractivity contribution in [1.29, 1.82) is 0 Å². The third-order valence-corrected chi connectivity index (χ3v) is 3.19. The zero-order chi connectivity index (χ0) is 14.9. The summed E-state index contributed by atoms with van der Waals surface area (Å²) in [4.78, 5) is 12.1. The van der Waals surface area contributed by atoms with Crippen LogP contribution in [0.1, 0.15) is 39.2 Å². The number of halogens is 2. The molecule has 20 heavy (non-hydrogen) atoms. The molecule has 2 aromatic rings. The number of amides is 1. The Balaban J connectivity index is 2.32. The summed E-state index contributed by atoms with van der Waals surface area (Å²) in [6.45, 7) is 4.82. The first kappa shape index (κ1) is 14.1. The van der Waals surface area contributed by atoms with Gasteiger partial charge in [-0.25, -0.2) is 13.4 Å². The van der Waals surface area contributed by atoms with Gasteiger partial charge in [0, 0.05) is 11.1 Å². The van der Waals surface area contributed by atoms with E-state index < -0.39 is 12.3 Å². The predicted octanol–water partition coefficient (Wildman–Crippen LogP) is 3.18. The van der Waals surface area contributed by atoms with E-state index in [4.69, 9.17) is 0 Å². The minimum Gasteiger partial charge on any atom is -0.302 e. The van der Waals surface area contributed by atoms with Crippen molar-refractivity contribution in [2.45, 2.75) is 27.2 Å². The number of aryl methyl sites for hydroxylation is 1. The molecular formula is C13H13F2N3O2. The van der Waals surface area contributed by atoms with Gasteiger partial charge >= 0.3 is 0 Å². The van der Waals surface area contributed by atoms with Crippen molar-refractivity contribution in [2.75, 3.05) is 5.32 Å². The molecule has 0 bridgehead atoms. The SMILES string of the molecule is Cc1nonc1NC(=O)c1ccc(C(F)F)c(C)c1C. The number of benzene rings is 1. The van der Waals surface area contributed by atoms with Gasteiger partial charge in [-0.05, 0) is 43.1 Å². The van der Waals surface area contributed by atoms with E-state index in [0.29, 0.717) is 22.4 Å². The third-order valence-electron chi connectivity index (χ3n) is 3.19. The summed E-state index contributed by atoms with van der Waals surface area (Å²) in [7, 11) is 0. The monoisotopic (exact) mass is 281 g/mol. The lowest BCUT2D eigenvalue weighted by Gasteiger charge is -2.12. The highest BCUT2D eigenvalue weighted by Crippen LogP contribution is 2.27. The summed E-state index contributed by atoms with van der Waals surface area (Å²) in [5, 5.41) is 9.61. The Bertz CT molecular complexity index is 653. The molecule has 0 saturated carbocycles. The molecule has 0 unspecified atom stereocenters. The maximum absolute atomic E-state index is 12.8. The first-order valence-electron chi connectivity index (χ1n) is 5.90. The van der Waals surface area contributed by atoms with Crippen molar-refractivity contribution in [3.05, 3.63) is 40.1 Å². The predicted molar refractivity (Wildman–Crippen MR) is 67.9 cm³/mol. The van der Waals surface area contributed by atoms with Gasteiger partial charge < -0.3 is 5.32 Å². The van der Waals surface area contributed by atoms with Gasteiger partial charge in [-0.2, -0.15) is 0 Å². The largest absolute Gasteiger partial charge is 0.302 e. The van der Waals surface area contributed by atoms with E-state index in [0.717, 1.165) is 0 Å². The van der Waals surface area contributed by atoms with Gasteiger partial charge in [-0.1, -0.05) is 11.2 Å². The zero-order valence-corrected chi connectivity index (χ0v) is 11.2. The van der Waals surface area contributed by atoms with E-state index >= 15 is 0 Å². The highest BCUT2D eigenvalue weighted by atomic mass is 19.3. The minimum absolute atomic E-state index is 0.0710. The molecule has 0 aliphatic carbocycles. The van der Waals surface area contributed by atoms with Crippen molar-refractivity contribution < 1.29 is 18.2 Å². The molecule has 0 spiro atoms. The Labute approximate surface area is 113 Å². The average Bonchev–Trinajstić information content (AvgIpc) is 2.77. The molecule has 1 amide bonds. The molecule has 0 saturated heterocycles. The second kappa shape index (κ2) is 5.36. The molecule has 5 nitrogen and oxygen atoms in total. The normalized spacial score (nSPS) is 10.9. The maximum atomic E-state index is 12.8. The van der Waals surface area contributed by atoms with Crippen LogP contribution in [0.15, 0.2) is 16.8 Å². The third kappa shape index (κ3) is 2.52. The molecule has 106 valence electrons. The van der Waals surface area contributed by atoms with E-state index in [1.54, 1.807) is 20.8 Å². The Hall–Kier alpha value is -2.31. The lowest BCUT2D eigenvalue weighted by atomic mass is 9.97. The van der Waals surface area contributed by atoms with Gasteiger partial charge in [0.05, 0.1) is 0 Å². The number of anilines is 1. The van der Waals surface area contributed by atoms with E-state index in [1.807, 2.05) is 0 Å². The number of carbonyl (C=O) groups is 1. The lowest BCUT2D eigenvalue weighted by Crippen LogP contribution is -2.15. The molecule has 1 aromatic carbocycles. The molecule has 0 radical (unpaired) electrons. The number of hydrogen-bond donors (Lipinski definition) is 1. The van der Waals surface area contributed by atoms with E-state index in [2.05, 4.69) is 20.3 Å². The van der Waals surface area contributed by atoms with Crippen LogP contribution in [-0.2, 0) is 0 Å². The van der Waals surface area contributed by atoms with E-state index in [9.17, 15) is 13.6 Å². The first-order chi connectivity index (χ1) is 9.41. The second-order valence-electron chi connectivity index (χ2n) is 4.41. The summed E-state index contributed by atoms with van der Waals surface area (Å²) in [5.74, 6) is -0.227. The smallest absolute Gasteiger partial charge is 0.264 e. The minimum atomic E-state index is -2.56. The van der Waals surface area contributed by atoms with Crippen LogP contribution in [0.3, 0.4) is 0 Å². The highest BCUT2D eigenvalue weighted by Gasteiger charge is 2.18. The van der Waals surface area contributed by atoms with Crippen LogP contribution in [0.4, 0.5) is 14.6 Å². The number of rotatable bonds is 3. The number of hydrogen-bond acceptors (Lipinski definition) is 4. The Kier molecular flexibility index (Phi) is 3.78. The molecule has 0 aliphatic heterocycles. The van der Waals surface area contributed by atoms with Crippen molar-refractivity contribution in [2.24, 2.45) is 0 Å². The Morgan fingerprint density at radius 1 is 1.20 bits per heavy atom. The van der Waals surface area contributed by atoms with Crippen LogP contribution < -0.4 is 5.32 Å². The van der Waals surface area contributed by atoms with Crippen LogP contribution in [-0.4, -0.2) is 16.2 Å². The molecule has 1 aromatic heterocycles. The fourth-order valence-corrected chi connectivity index (χ4v) is 1.84. The standard InChI is InChI=1S/C13H13F2N3O2/c1-6-7(2)10(5-4-9(6)11(14)15)13(19)16-12-8(3)17-20-18-12/h4-5,11H,1-3H3,(H,16,18,19). The molecule has 1 N–H and O–H groups in total. The fraction of sp³-hybridized carbons (Fsp3) is 0.308. The maximum Gasteiger partial charge on any atom is 0.264 e. The summed E-state index contributed by atoms with van der Waals surface area (Å²) in [6, 6.07) is 2.64. The number of alkyl halides is 2. The number of carbonyl (C=O) groups excluding carboxylic acids is 1. The quantitative estimate of drug-likeness (QED) is 0.938. The fourth-order valence-electron chi connectivity index (χ4n) is 1.84. The van der Waals surface area contributed by atoms with Crippen LogP contribution >= 0.6 is 0 Å². The van der Waals surface area contributed by atoms with E-state index in [-0.39, 0.29) is 11.4 Å². The van der Waals surface area contributed by atoms with Gasteiger partial charge in [0.1, 0.15) is 5.69 Å². The number of aromatic nitrogens is 2. The van der Waals surface area contributed by atoms with Gasteiger partial charge in [0.2, 0.25) is 5.82 Å². The molecule has 7 heteroatoms. The van der Waals surface area contributed by atoms with Crippen LogP contribution in [0.5, 0.6) is 0 Å². The van der Waals surface area contributed by atoms with Crippen LogP contribution in [0.25, 0.3) is 0 Å². The number of nitrogens with zero attached hydrogens (tertiary/aromatic N) is 2. The summed E-state index contributed by atoms with van der Waals surface area (Å²) >= 11 is 0. The highest BCUT2D eigenvalue weighted by molar-refractivity contribution is 6.05. The lowest BCUT2D eigenvalue weighted by molar-refractivity contribution is 0.102. The van der Waals surface area contributed by atoms with Gasteiger partial charge in [-0.15, -0.1) is 0 Å². The Morgan fingerprint density at radius 3 is 2.45 bits per heavy atom. The molecular weight excluding hydrogens is 268 g/mol. The van der Waals surface area contributed by atoms with Crippen LogP contribution in [0.2, 0.25) is 0 Å². The van der Waals surface area contributed by atoms with Crippen molar-refractivity contribution in [3.8, 4) is 0 Å². The van der Waals surface area contributed by atoms with Gasteiger partial charge in [0.25, 0.3) is 12.3 Å². The van der Waals surface area contributed by atoms with Crippen molar-refractivity contribution in [1.82, 2.24) is 10.3 Å². The average molecular weight is 281 g/mol. The van der Waals surface area contributed by atoms with Crippen LogP contribution in [0, 0.1) is 20.8 Å². The molecule has 1 heterocycles. The van der Waals surface area contributed by atoms with E-state index in [1.165, 1.54) is 12.1 Å². The van der Waals surface area contributed by atoms with Gasteiger partial charge in [-0.3, -0.25) is 4.79 Å². The molecule has 0 aliphatic rings. The number of nitrogens with one attached hydrogen (secondary N) is 1. The summed E-state index contributed by atoms with van der Waals surface area (Å²) in [5.41, 5.74) is 1.60. The molecule has 0 atom stereocenters. The topological polar surface area (TPSA) is 68.0 Å². The molecule has 2 rings (SSSR count). The van der Waals surface area contributed by atoms with Gasteiger partial charge in [0.15, 0.2) is 0 Å². The van der Waals surface area contributed by atoms with Crippen molar-refractivity contribution >= 4 is 11.7 Å².